The molecule has 0 radical (unpaired) electrons. The minimum atomic E-state index is 0.131. The molecule has 2 aromatic rings. The van der Waals surface area contributed by atoms with Crippen molar-refractivity contribution in [1.29, 1.82) is 0 Å². The number of benzene rings is 1. The summed E-state index contributed by atoms with van der Waals surface area (Å²) in [6.45, 7) is 5.11. The number of aryl methyl sites for hydroxylation is 1. The van der Waals surface area contributed by atoms with Gasteiger partial charge in [-0.05, 0) is 53.1 Å². The van der Waals surface area contributed by atoms with Crippen molar-refractivity contribution in [1.82, 2.24) is 5.32 Å². The van der Waals surface area contributed by atoms with Gasteiger partial charge in [0.15, 0.2) is 0 Å². The predicted octanol–water partition coefficient (Wildman–Crippen LogP) is 5.06. The van der Waals surface area contributed by atoms with E-state index >= 15 is 0 Å². The van der Waals surface area contributed by atoms with E-state index in [0.29, 0.717) is 10.0 Å². The molecule has 0 aliphatic rings. The molecule has 2 rings (SSSR count). The zero-order valence-corrected chi connectivity index (χ0v) is 12.7. The molecule has 0 bridgehead atoms. The molecule has 0 fully saturated rings. The summed E-state index contributed by atoms with van der Waals surface area (Å²) in [5, 5.41) is 9.19. The molecule has 4 heteroatoms. The molecule has 0 saturated carbocycles. The molecule has 1 N–H and O–H groups in total. The molecule has 0 aliphatic carbocycles. The van der Waals surface area contributed by atoms with Crippen LogP contribution < -0.4 is 5.32 Å². The van der Waals surface area contributed by atoms with Crippen LogP contribution in [0.5, 0.6) is 0 Å². The molecule has 1 heterocycles. The van der Waals surface area contributed by atoms with E-state index in [9.17, 15) is 0 Å². The van der Waals surface area contributed by atoms with Gasteiger partial charge in [0.25, 0.3) is 0 Å². The summed E-state index contributed by atoms with van der Waals surface area (Å²) in [6.07, 6.45) is 0. The van der Waals surface area contributed by atoms with Crippen molar-refractivity contribution >= 4 is 34.5 Å². The Balaban J connectivity index is 2.45. The van der Waals surface area contributed by atoms with Crippen molar-refractivity contribution in [2.75, 3.05) is 6.54 Å². The smallest absolute Gasteiger partial charge is 0.0602 e. The molecule has 0 aliphatic heterocycles. The standard InChI is InChI=1S/C14H15Cl2NS/c1-3-17-14(12-8-18-7-9(12)2)11-5-4-10(15)6-13(11)16/h4-8,14,17H,3H2,1-2H3. The van der Waals surface area contributed by atoms with Crippen LogP contribution in [0.25, 0.3) is 0 Å². The highest BCUT2D eigenvalue weighted by Crippen LogP contribution is 2.33. The quantitative estimate of drug-likeness (QED) is 0.832. The van der Waals surface area contributed by atoms with Crippen LogP contribution in [0.2, 0.25) is 10.0 Å². The number of rotatable bonds is 4. The second-order valence-corrected chi connectivity index (χ2v) is 5.75. The Morgan fingerprint density at radius 3 is 2.56 bits per heavy atom. The van der Waals surface area contributed by atoms with Gasteiger partial charge in [-0.3, -0.25) is 0 Å². The summed E-state index contributed by atoms with van der Waals surface area (Å²) in [4.78, 5) is 0. The molecule has 0 spiro atoms. The highest BCUT2D eigenvalue weighted by Gasteiger charge is 2.18. The number of nitrogens with one attached hydrogen (secondary N) is 1. The first-order chi connectivity index (χ1) is 8.63. The minimum Gasteiger partial charge on any atom is -0.306 e. The van der Waals surface area contributed by atoms with Crippen molar-refractivity contribution in [3.05, 3.63) is 55.7 Å². The van der Waals surface area contributed by atoms with Gasteiger partial charge in [-0.15, -0.1) is 0 Å². The summed E-state index contributed by atoms with van der Waals surface area (Å²) < 4.78 is 0. The Kier molecular flexibility index (Phi) is 4.68. The third-order valence-corrected chi connectivity index (χ3v) is 4.33. The number of hydrogen-bond acceptors (Lipinski definition) is 2. The average molecular weight is 300 g/mol. The Hall–Kier alpha value is -0.540. The Morgan fingerprint density at radius 1 is 1.22 bits per heavy atom. The molecule has 96 valence electrons. The van der Waals surface area contributed by atoms with Crippen LogP contribution in [0, 0.1) is 6.92 Å². The van der Waals surface area contributed by atoms with Crippen molar-refractivity contribution < 1.29 is 0 Å². The second kappa shape index (κ2) is 6.07. The van der Waals surface area contributed by atoms with E-state index < -0.39 is 0 Å². The summed E-state index contributed by atoms with van der Waals surface area (Å²) in [5.41, 5.74) is 3.65. The van der Waals surface area contributed by atoms with Gasteiger partial charge in [-0.1, -0.05) is 36.2 Å². The van der Waals surface area contributed by atoms with Gasteiger partial charge in [0.05, 0.1) is 6.04 Å². The zero-order chi connectivity index (χ0) is 13.1. The lowest BCUT2D eigenvalue weighted by Crippen LogP contribution is -2.22. The fourth-order valence-electron chi connectivity index (χ4n) is 1.99. The number of halogens is 2. The van der Waals surface area contributed by atoms with Crippen LogP contribution in [0.3, 0.4) is 0 Å². The Morgan fingerprint density at radius 2 is 2.00 bits per heavy atom. The molecule has 1 atom stereocenters. The fourth-order valence-corrected chi connectivity index (χ4v) is 3.39. The van der Waals surface area contributed by atoms with Gasteiger partial charge in [-0.2, -0.15) is 11.3 Å². The topological polar surface area (TPSA) is 12.0 Å². The first-order valence-electron chi connectivity index (χ1n) is 5.84. The summed E-state index contributed by atoms with van der Waals surface area (Å²) in [7, 11) is 0. The molecule has 1 nitrogen and oxygen atoms in total. The van der Waals surface area contributed by atoms with E-state index in [1.165, 1.54) is 11.1 Å². The molecular weight excluding hydrogens is 285 g/mol. The van der Waals surface area contributed by atoms with Gasteiger partial charge < -0.3 is 5.32 Å². The maximum Gasteiger partial charge on any atom is 0.0602 e. The Bertz CT molecular complexity index is 536. The highest BCUT2D eigenvalue weighted by molar-refractivity contribution is 7.08. The van der Waals surface area contributed by atoms with E-state index in [1.807, 2.05) is 12.1 Å². The third-order valence-electron chi connectivity index (χ3n) is 2.89. The van der Waals surface area contributed by atoms with Crippen molar-refractivity contribution in [3.63, 3.8) is 0 Å². The highest BCUT2D eigenvalue weighted by atomic mass is 35.5. The monoisotopic (exact) mass is 299 g/mol. The van der Waals surface area contributed by atoms with E-state index in [-0.39, 0.29) is 6.04 Å². The van der Waals surface area contributed by atoms with Gasteiger partial charge >= 0.3 is 0 Å². The zero-order valence-electron chi connectivity index (χ0n) is 10.3. The van der Waals surface area contributed by atoms with Crippen LogP contribution in [-0.4, -0.2) is 6.54 Å². The van der Waals surface area contributed by atoms with Gasteiger partial charge in [0.1, 0.15) is 0 Å². The predicted molar refractivity (Wildman–Crippen MR) is 81.0 cm³/mol. The van der Waals surface area contributed by atoms with Crippen LogP contribution in [0.1, 0.15) is 29.7 Å². The number of thiophene rings is 1. The lowest BCUT2D eigenvalue weighted by molar-refractivity contribution is 0.630. The summed E-state index contributed by atoms with van der Waals surface area (Å²) >= 11 is 14.0. The molecule has 0 amide bonds. The fraction of sp³-hybridized carbons (Fsp3) is 0.286. The lowest BCUT2D eigenvalue weighted by atomic mass is 9.98. The van der Waals surface area contributed by atoms with Gasteiger partial charge in [-0.25, -0.2) is 0 Å². The largest absolute Gasteiger partial charge is 0.306 e. The SMILES string of the molecule is CCNC(c1cscc1C)c1ccc(Cl)cc1Cl. The van der Waals surface area contributed by atoms with Crippen molar-refractivity contribution in [3.8, 4) is 0 Å². The first kappa shape index (κ1) is 13.9. The van der Waals surface area contributed by atoms with Gasteiger partial charge in [0.2, 0.25) is 0 Å². The van der Waals surface area contributed by atoms with Crippen LogP contribution in [0.4, 0.5) is 0 Å². The maximum atomic E-state index is 6.31. The minimum absolute atomic E-state index is 0.131. The average Bonchev–Trinajstić information content (AvgIpc) is 2.73. The van der Waals surface area contributed by atoms with E-state index in [0.717, 1.165) is 12.1 Å². The van der Waals surface area contributed by atoms with E-state index in [4.69, 9.17) is 23.2 Å². The van der Waals surface area contributed by atoms with Crippen molar-refractivity contribution in [2.24, 2.45) is 0 Å². The first-order valence-corrected chi connectivity index (χ1v) is 7.54. The van der Waals surface area contributed by atoms with E-state index in [2.05, 4.69) is 29.9 Å². The molecular formula is C14H15Cl2NS. The summed E-state index contributed by atoms with van der Waals surface area (Å²) in [6, 6.07) is 5.81. The number of hydrogen-bond donors (Lipinski definition) is 1. The van der Waals surface area contributed by atoms with Crippen LogP contribution >= 0.6 is 34.5 Å². The van der Waals surface area contributed by atoms with Gasteiger partial charge in [0, 0.05) is 10.0 Å². The Labute approximate surface area is 122 Å². The van der Waals surface area contributed by atoms with Crippen LogP contribution in [-0.2, 0) is 0 Å². The molecule has 1 aromatic carbocycles. The van der Waals surface area contributed by atoms with E-state index in [1.54, 1.807) is 17.4 Å². The molecule has 18 heavy (non-hydrogen) atoms. The lowest BCUT2D eigenvalue weighted by Gasteiger charge is -2.20. The van der Waals surface area contributed by atoms with Crippen LogP contribution in [0.15, 0.2) is 29.0 Å². The summed E-state index contributed by atoms with van der Waals surface area (Å²) in [5.74, 6) is 0. The maximum absolute atomic E-state index is 6.31. The molecule has 0 saturated heterocycles. The second-order valence-electron chi connectivity index (χ2n) is 4.17. The normalized spacial score (nSPS) is 12.7. The molecule has 1 unspecified atom stereocenters. The third kappa shape index (κ3) is 2.89. The molecule has 1 aromatic heterocycles. The van der Waals surface area contributed by atoms with Crippen molar-refractivity contribution in [2.45, 2.75) is 19.9 Å².